The molecular weight excluding hydrogens is 428 g/mol. The van der Waals surface area contributed by atoms with Crippen LogP contribution in [0.4, 0.5) is 0 Å². The summed E-state index contributed by atoms with van der Waals surface area (Å²) in [7, 11) is 0. The summed E-state index contributed by atoms with van der Waals surface area (Å²) >= 11 is 0. The zero-order valence-corrected chi connectivity index (χ0v) is 18.0. The molecule has 11 nitrogen and oxygen atoms in total. The number of hydrogen-bond donors (Lipinski definition) is 0. The lowest BCUT2D eigenvalue weighted by Crippen LogP contribution is -2.63. The standard InChI is InChI=1S/C21H24O11/c1-11(23)27-10-17-18(28-12(2)24)19(29-13(3)25)20(30-14(4)26)21(32-17)31-16-7-5-6-15(8-16)9-22/h5-9,17-21H,10H2,1-4H3/t17-,18-,19+,20-,21-/m0/s1. The second-order valence-electron chi connectivity index (χ2n) is 6.88. The Morgan fingerprint density at radius 3 is 2.03 bits per heavy atom. The van der Waals surface area contributed by atoms with E-state index in [0.29, 0.717) is 11.8 Å². The SMILES string of the molecule is CC(=O)OC[C@@H]1O[C@H](Oc2cccc(C=O)c2)[C@@H](OC(C)=O)[C@H](OC(C)=O)[C@H]1OC(C)=O. The van der Waals surface area contributed by atoms with Crippen molar-refractivity contribution in [2.75, 3.05) is 6.61 Å². The first kappa shape index (κ1) is 24.8. The van der Waals surface area contributed by atoms with Gasteiger partial charge in [0.2, 0.25) is 12.4 Å². The number of rotatable bonds is 8. The van der Waals surface area contributed by atoms with Gasteiger partial charge in [0.15, 0.2) is 12.2 Å². The quantitative estimate of drug-likeness (QED) is 0.316. The van der Waals surface area contributed by atoms with Crippen molar-refractivity contribution in [3.8, 4) is 5.75 Å². The molecule has 1 heterocycles. The topological polar surface area (TPSA) is 141 Å². The van der Waals surface area contributed by atoms with Crippen molar-refractivity contribution in [1.29, 1.82) is 0 Å². The molecule has 0 saturated carbocycles. The first-order valence-electron chi connectivity index (χ1n) is 9.63. The Morgan fingerprint density at radius 1 is 0.875 bits per heavy atom. The first-order chi connectivity index (χ1) is 15.1. The largest absolute Gasteiger partial charge is 0.463 e. The van der Waals surface area contributed by atoms with E-state index in [-0.39, 0.29) is 12.4 Å². The van der Waals surface area contributed by atoms with Crippen LogP contribution in [0.5, 0.6) is 5.75 Å². The summed E-state index contributed by atoms with van der Waals surface area (Å²) in [6.07, 6.45) is -5.85. The Morgan fingerprint density at radius 2 is 1.47 bits per heavy atom. The second kappa shape index (κ2) is 11.2. The maximum atomic E-state index is 11.8. The number of esters is 4. The monoisotopic (exact) mass is 452 g/mol. The van der Waals surface area contributed by atoms with Crippen LogP contribution < -0.4 is 4.74 Å². The van der Waals surface area contributed by atoms with Crippen LogP contribution in [0, 0.1) is 0 Å². The van der Waals surface area contributed by atoms with Crippen molar-refractivity contribution in [3.05, 3.63) is 29.8 Å². The molecule has 0 amide bonds. The highest BCUT2D eigenvalue weighted by Gasteiger charge is 2.53. The fraction of sp³-hybridized carbons (Fsp3) is 0.476. The van der Waals surface area contributed by atoms with Crippen molar-refractivity contribution < 1.29 is 52.4 Å². The lowest BCUT2D eigenvalue weighted by atomic mass is 9.98. The highest BCUT2D eigenvalue weighted by atomic mass is 16.7. The van der Waals surface area contributed by atoms with E-state index in [1.807, 2.05) is 0 Å². The van der Waals surface area contributed by atoms with Gasteiger partial charge in [-0.15, -0.1) is 0 Å². The van der Waals surface area contributed by atoms with E-state index in [2.05, 4.69) is 0 Å². The minimum atomic E-state index is -1.36. The van der Waals surface area contributed by atoms with Gasteiger partial charge in [0, 0.05) is 33.3 Å². The van der Waals surface area contributed by atoms with Gasteiger partial charge in [-0.1, -0.05) is 12.1 Å². The average Bonchev–Trinajstić information content (AvgIpc) is 2.70. The number of benzene rings is 1. The van der Waals surface area contributed by atoms with Crippen molar-refractivity contribution in [3.63, 3.8) is 0 Å². The third-order valence-corrected chi connectivity index (χ3v) is 4.19. The molecule has 0 bridgehead atoms. The van der Waals surface area contributed by atoms with Gasteiger partial charge >= 0.3 is 23.9 Å². The molecule has 0 aromatic heterocycles. The molecule has 0 N–H and O–H groups in total. The summed E-state index contributed by atoms with van der Waals surface area (Å²) in [5, 5.41) is 0. The normalized spacial score (nSPS) is 24.6. The number of ether oxygens (including phenoxy) is 6. The summed E-state index contributed by atoms with van der Waals surface area (Å²) in [6.45, 7) is 4.18. The predicted molar refractivity (Wildman–Crippen MR) is 104 cm³/mol. The van der Waals surface area contributed by atoms with Gasteiger partial charge in [-0.25, -0.2) is 0 Å². The number of carbonyl (C=O) groups is 5. The molecule has 174 valence electrons. The number of hydrogen-bond acceptors (Lipinski definition) is 11. The van der Waals surface area contributed by atoms with E-state index < -0.39 is 54.6 Å². The maximum absolute atomic E-state index is 11.8. The molecule has 1 aliphatic heterocycles. The highest BCUT2D eigenvalue weighted by molar-refractivity contribution is 5.75. The van der Waals surface area contributed by atoms with Crippen molar-refractivity contribution in [1.82, 2.24) is 0 Å². The van der Waals surface area contributed by atoms with Gasteiger partial charge in [-0.2, -0.15) is 0 Å². The zero-order valence-electron chi connectivity index (χ0n) is 18.0. The second-order valence-corrected chi connectivity index (χ2v) is 6.88. The molecule has 0 unspecified atom stereocenters. The van der Waals surface area contributed by atoms with Crippen molar-refractivity contribution >= 4 is 30.2 Å². The molecule has 0 spiro atoms. The summed E-state index contributed by atoms with van der Waals surface area (Å²) in [4.78, 5) is 57.7. The van der Waals surface area contributed by atoms with E-state index in [0.717, 1.165) is 20.8 Å². The van der Waals surface area contributed by atoms with Gasteiger partial charge in [0.25, 0.3) is 0 Å². The van der Waals surface area contributed by atoms with Crippen molar-refractivity contribution in [2.45, 2.75) is 58.4 Å². The molecule has 1 fully saturated rings. The van der Waals surface area contributed by atoms with Crippen LogP contribution in [0.1, 0.15) is 38.1 Å². The molecule has 1 aromatic rings. The summed E-state index contributed by atoms with van der Waals surface area (Å²) in [6, 6.07) is 6.06. The lowest BCUT2D eigenvalue weighted by molar-refractivity contribution is -0.288. The third-order valence-electron chi connectivity index (χ3n) is 4.19. The summed E-state index contributed by atoms with van der Waals surface area (Å²) < 4.78 is 32.5. The maximum Gasteiger partial charge on any atom is 0.303 e. The van der Waals surface area contributed by atoms with Gasteiger partial charge < -0.3 is 28.4 Å². The van der Waals surface area contributed by atoms with Crippen LogP contribution >= 0.6 is 0 Å². The first-order valence-corrected chi connectivity index (χ1v) is 9.63. The number of aldehydes is 1. The minimum absolute atomic E-state index is 0.190. The lowest BCUT2D eigenvalue weighted by Gasteiger charge is -2.43. The highest BCUT2D eigenvalue weighted by Crippen LogP contribution is 2.31. The van der Waals surface area contributed by atoms with E-state index in [4.69, 9.17) is 28.4 Å². The molecule has 0 radical (unpaired) electrons. The summed E-state index contributed by atoms with van der Waals surface area (Å²) in [5.74, 6) is -2.67. The van der Waals surface area contributed by atoms with Gasteiger partial charge in [-0.3, -0.25) is 24.0 Å². The molecule has 1 aromatic carbocycles. The number of carbonyl (C=O) groups excluding carboxylic acids is 5. The fourth-order valence-corrected chi connectivity index (χ4v) is 3.08. The Bertz CT molecular complexity index is 865. The summed E-state index contributed by atoms with van der Waals surface area (Å²) in [5.41, 5.74) is 0.313. The molecule has 11 heteroatoms. The third kappa shape index (κ3) is 7.05. The molecule has 5 atom stereocenters. The molecule has 0 aliphatic carbocycles. The van der Waals surface area contributed by atoms with E-state index in [1.165, 1.54) is 19.1 Å². The predicted octanol–water partition coefficient (Wildman–Crippen LogP) is 0.961. The molecule has 1 saturated heterocycles. The van der Waals surface area contributed by atoms with Gasteiger partial charge in [-0.05, 0) is 12.1 Å². The smallest absolute Gasteiger partial charge is 0.303 e. The Kier molecular flexibility index (Phi) is 8.71. The van der Waals surface area contributed by atoms with E-state index >= 15 is 0 Å². The van der Waals surface area contributed by atoms with Crippen LogP contribution in [0.3, 0.4) is 0 Å². The van der Waals surface area contributed by atoms with Crippen LogP contribution in [0.2, 0.25) is 0 Å². The minimum Gasteiger partial charge on any atom is -0.463 e. The van der Waals surface area contributed by atoms with E-state index in [9.17, 15) is 24.0 Å². The van der Waals surface area contributed by atoms with Crippen LogP contribution in [0.15, 0.2) is 24.3 Å². The molecule has 32 heavy (non-hydrogen) atoms. The van der Waals surface area contributed by atoms with Gasteiger partial charge in [0.05, 0.1) is 0 Å². The van der Waals surface area contributed by atoms with Gasteiger partial charge in [0.1, 0.15) is 24.7 Å². The van der Waals surface area contributed by atoms with Crippen molar-refractivity contribution in [2.24, 2.45) is 0 Å². The van der Waals surface area contributed by atoms with Crippen LogP contribution in [-0.4, -0.2) is 67.5 Å². The Labute approximate surface area is 183 Å². The zero-order chi connectivity index (χ0) is 23.8. The fourth-order valence-electron chi connectivity index (χ4n) is 3.08. The average molecular weight is 452 g/mol. The van der Waals surface area contributed by atoms with Crippen LogP contribution in [0.25, 0.3) is 0 Å². The Hall–Kier alpha value is -3.47. The molecular formula is C21H24O11. The van der Waals surface area contributed by atoms with Crippen LogP contribution in [-0.2, 0) is 42.9 Å². The Balaban J connectivity index is 2.46. The van der Waals surface area contributed by atoms with E-state index in [1.54, 1.807) is 12.1 Å². The molecule has 2 rings (SSSR count). The molecule has 1 aliphatic rings.